The Kier molecular flexibility index (Phi) is 3.52. The van der Waals surface area contributed by atoms with Crippen molar-refractivity contribution in [1.82, 2.24) is 5.32 Å². The average Bonchev–Trinajstić information content (AvgIpc) is 2.29. The van der Waals surface area contributed by atoms with E-state index in [-0.39, 0.29) is 18.2 Å². The molecule has 4 heteroatoms. The first-order valence-electron chi connectivity index (χ1n) is 5.85. The molecule has 0 aliphatic carbocycles. The lowest BCUT2D eigenvalue weighted by atomic mass is 10.0. The Morgan fingerprint density at radius 1 is 1.41 bits per heavy atom. The quantitative estimate of drug-likeness (QED) is 0.876. The van der Waals surface area contributed by atoms with Crippen molar-refractivity contribution in [3.63, 3.8) is 0 Å². The summed E-state index contributed by atoms with van der Waals surface area (Å²) in [4.78, 5) is 11.2. The lowest BCUT2D eigenvalue weighted by Crippen LogP contribution is -2.35. The number of alkyl carbamates (subject to hydrolysis) is 1. The number of amides is 1. The normalized spacial score (nSPS) is 19.7. The molecule has 1 saturated heterocycles. The molecule has 0 unspecified atom stereocenters. The molecule has 1 heterocycles. The molecule has 0 saturated carbocycles. The monoisotopic (exact) mass is 235 g/mol. The molecule has 1 aromatic carbocycles. The van der Waals surface area contributed by atoms with Crippen LogP contribution in [0.15, 0.2) is 24.3 Å². The first kappa shape index (κ1) is 11.8. The van der Waals surface area contributed by atoms with E-state index in [4.69, 9.17) is 9.47 Å². The van der Waals surface area contributed by atoms with Crippen LogP contribution in [0.1, 0.15) is 31.9 Å². The van der Waals surface area contributed by atoms with Crippen LogP contribution in [0.2, 0.25) is 0 Å². The summed E-state index contributed by atoms with van der Waals surface area (Å²) >= 11 is 0. The van der Waals surface area contributed by atoms with Crippen LogP contribution >= 0.6 is 0 Å². The molecule has 0 bridgehead atoms. The number of rotatable bonds is 3. The predicted octanol–water partition coefficient (Wildman–Crippen LogP) is 2.64. The Morgan fingerprint density at radius 2 is 2.18 bits per heavy atom. The summed E-state index contributed by atoms with van der Waals surface area (Å²) in [5.74, 6) is 0.828. The molecule has 1 aliphatic rings. The summed E-state index contributed by atoms with van der Waals surface area (Å²) in [7, 11) is 0. The van der Waals surface area contributed by atoms with Gasteiger partial charge in [0.2, 0.25) is 0 Å². The van der Waals surface area contributed by atoms with Gasteiger partial charge in [-0.1, -0.05) is 18.2 Å². The van der Waals surface area contributed by atoms with Gasteiger partial charge < -0.3 is 14.8 Å². The highest BCUT2D eigenvalue weighted by Gasteiger charge is 2.23. The van der Waals surface area contributed by atoms with E-state index in [1.165, 1.54) is 0 Å². The SMILES string of the molecule is CC(C)Oc1ccccc1[C@H]1CCOC(=O)N1. The van der Waals surface area contributed by atoms with Crippen molar-refractivity contribution in [2.45, 2.75) is 32.4 Å². The Morgan fingerprint density at radius 3 is 2.88 bits per heavy atom. The van der Waals surface area contributed by atoms with Crippen molar-refractivity contribution in [3.8, 4) is 5.75 Å². The minimum Gasteiger partial charge on any atom is -0.491 e. The third-order valence-corrected chi connectivity index (χ3v) is 2.59. The van der Waals surface area contributed by atoms with Gasteiger partial charge in [-0.15, -0.1) is 0 Å². The van der Waals surface area contributed by atoms with Crippen LogP contribution in [-0.2, 0) is 4.74 Å². The van der Waals surface area contributed by atoms with Crippen molar-refractivity contribution in [2.75, 3.05) is 6.61 Å². The van der Waals surface area contributed by atoms with E-state index in [1.54, 1.807) is 0 Å². The highest BCUT2D eigenvalue weighted by Crippen LogP contribution is 2.29. The zero-order chi connectivity index (χ0) is 12.3. The third kappa shape index (κ3) is 2.90. The summed E-state index contributed by atoms with van der Waals surface area (Å²) in [6, 6.07) is 7.77. The Labute approximate surface area is 101 Å². The molecule has 2 rings (SSSR count). The van der Waals surface area contributed by atoms with E-state index >= 15 is 0 Å². The summed E-state index contributed by atoms with van der Waals surface area (Å²) in [6.07, 6.45) is 0.525. The van der Waals surface area contributed by atoms with Crippen LogP contribution < -0.4 is 10.1 Å². The molecule has 17 heavy (non-hydrogen) atoms. The first-order valence-corrected chi connectivity index (χ1v) is 5.85. The van der Waals surface area contributed by atoms with Crippen LogP contribution in [0, 0.1) is 0 Å². The number of benzene rings is 1. The van der Waals surface area contributed by atoms with Crippen molar-refractivity contribution in [3.05, 3.63) is 29.8 Å². The molecule has 92 valence electrons. The maximum absolute atomic E-state index is 11.2. The lowest BCUT2D eigenvalue weighted by molar-refractivity contribution is 0.114. The number of carbonyl (C=O) groups is 1. The van der Waals surface area contributed by atoms with Gasteiger partial charge in [0.15, 0.2) is 0 Å². The molecule has 0 aromatic heterocycles. The fourth-order valence-corrected chi connectivity index (χ4v) is 1.89. The van der Waals surface area contributed by atoms with E-state index < -0.39 is 0 Å². The zero-order valence-corrected chi connectivity index (χ0v) is 10.1. The predicted molar refractivity (Wildman–Crippen MR) is 64.0 cm³/mol. The molecule has 1 fully saturated rings. The van der Waals surface area contributed by atoms with Crippen molar-refractivity contribution >= 4 is 6.09 Å². The number of nitrogens with one attached hydrogen (secondary N) is 1. The highest BCUT2D eigenvalue weighted by molar-refractivity contribution is 5.68. The van der Waals surface area contributed by atoms with Gasteiger partial charge in [0, 0.05) is 12.0 Å². The second-order valence-corrected chi connectivity index (χ2v) is 4.33. The molecule has 0 spiro atoms. The van der Waals surface area contributed by atoms with Crippen LogP contribution in [0.3, 0.4) is 0 Å². The van der Waals surface area contributed by atoms with Gasteiger partial charge in [-0.2, -0.15) is 0 Å². The molecule has 1 amide bonds. The molecule has 1 N–H and O–H groups in total. The topological polar surface area (TPSA) is 47.6 Å². The second-order valence-electron chi connectivity index (χ2n) is 4.33. The van der Waals surface area contributed by atoms with E-state index in [1.807, 2.05) is 38.1 Å². The molecule has 1 aliphatic heterocycles. The van der Waals surface area contributed by atoms with Gasteiger partial charge in [0.25, 0.3) is 0 Å². The fraction of sp³-hybridized carbons (Fsp3) is 0.462. The first-order chi connectivity index (χ1) is 8.16. The van der Waals surface area contributed by atoms with Crippen LogP contribution in [-0.4, -0.2) is 18.8 Å². The second kappa shape index (κ2) is 5.08. The van der Waals surface area contributed by atoms with Crippen molar-refractivity contribution in [1.29, 1.82) is 0 Å². The van der Waals surface area contributed by atoms with E-state index in [0.717, 1.165) is 17.7 Å². The molecule has 1 aromatic rings. The van der Waals surface area contributed by atoms with E-state index in [0.29, 0.717) is 6.61 Å². The summed E-state index contributed by atoms with van der Waals surface area (Å²) < 4.78 is 10.6. The number of hydrogen-bond acceptors (Lipinski definition) is 3. The van der Waals surface area contributed by atoms with Gasteiger partial charge in [-0.3, -0.25) is 0 Å². The van der Waals surface area contributed by atoms with Gasteiger partial charge in [0.05, 0.1) is 18.8 Å². The average molecular weight is 235 g/mol. The number of hydrogen-bond donors (Lipinski definition) is 1. The van der Waals surface area contributed by atoms with Crippen molar-refractivity contribution in [2.24, 2.45) is 0 Å². The number of ether oxygens (including phenoxy) is 2. The smallest absolute Gasteiger partial charge is 0.407 e. The minimum absolute atomic E-state index is 0.0220. The third-order valence-electron chi connectivity index (χ3n) is 2.59. The van der Waals surface area contributed by atoms with Crippen LogP contribution in [0.25, 0.3) is 0 Å². The Balaban J connectivity index is 2.21. The molecule has 4 nitrogen and oxygen atoms in total. The van der Waals surface area contributed by atoms with Crippen LogP contribution in [0.4, 0.5) is 4.79 Å². The van der Waals surface area contributed by atoms with Gasteiger partial charge in [0.1, 0.15) is 5.75 Å². The number of cyclic esters (lactones) is 1. The van der Waals surface area contributed by atoms with Crippen LogP contribution in [0.5, 0.6) is 5.75 Å². The molecular formula is C13H17NO3. The van der Waals surface area contributed by atoms with E-state index in [2.05, 4.69) is 5.32 Å². The maximum Gasteiger partial charge on any atom is 0.407 e. The standard InChI is InChI=1S/C13H17NO3/c1-9(2)17-12-6-4-3-5-10(12)11-7-8-16-13(15)14-11/h3-6,9,11H,7-8H2,1-2H3,(H,14,15)/t11-/m1/s1. The summed E-state index contributed by atoms with van der Waals surface area (Å²) in [5, 5.41) is 2.81. The van der Waals surface area contributed by atoms with Gasteiger partial charge >= 0.3 is 6.09 Å². The fourth-order valence-electron chi connectivity index (χ4n) is 1.89. The number of para-hydroxylation sites is 1. The largest absolute Gasteiger partial charge is 0.491 e. The summed E-state index contributed by atoms with van der Waals surface area (Å²) in [5.41, 5.74) is 1.01. The number of carbonyl (C=O) groups excluding carboxylic acids is 1. The Bertz CT molecular complexity index is 403. The minimum atomic E-state index is -0.361. The van der Waals surface area contributed by atoms with Gasteiger partial charge in [-0.25, -0.2) is 4.79 Å². The Hall–Kier alpha value is -1.71. The maximum atomic E-state index is 11.2. The molecule has 0 radical (unpaired) electrons. The molecular weight excluding hydrogens is 218 g/mol. The summed E-state index contributed by atoms with van der Waals surface area (Å²) in [6.45, 7) is 4.42. The van der Waals surface area contributed by atoms with E-state index in [9.17, 15) is 4.79 Å². The van der Waals surface area contributed by atoms with Crippen molar-refractivity contribution < 1.29 is 14.3 Å². The zero-order valence-electron chi connectivity index (χ0n) is 10.1. The van der Waals surface area contributed by atoms with Gasteiger partial charge in [-0.05, 0) is 19.9 Å². The highest BCUT2D eigenvalue weighted by atomic mass is 16.6. The molecule has 1 atom stereocenters. The lowest BCUT2D eigenvalue weighted by Gasteiger charge is -2.26.